The van der Waals surface area contributed by atoms with Gasteiger partial charge in [0.05, 0.1) is 12.6 Å². The van der Waals surface area contributed by atoms with Gasteiger partial charge in [-0.2, -0.15) is 0 Å². The number of rotatable bonds is 5. The second-order valence-corrected chi connectivity index (χ2v) is 6.39. The van der Waals surface area contributed by atoms with Crippen LogP contribution in [0, 0.1) is 5.41 Å². The highest BCUT2D eigenvalue weighted by Gasteiger charge is 2.21. The average molecular weight is 270 g/mol. The Balaban J connectivity index is 2.14. The maximum Gasteiger partial charge on any atom is 0.315 e. The van der Waals surface area contributed by atoms with Gasteiger partial charge in [0.2, 0.25) is 0 Å². The molecule has 0 spiro atoms. The Morgan fingerprint density at radius 1 is 1.44 bits per heavy atom. The fourth-order valence-corrected chi connectivity index (χ4v) is 2.04. The molecule has 3 N–H and O–H groups in total. The number of thiophene rings is 1. The topological polar surface area (TPSA) is 61.4 Å². The molecule has 1 aromatic rings. The van der Waals surface area contributed by atoms with Crippen LogP contribution in [0.2, 0.25) is 0 Å². The Morgan fingerprint density at radius 2 is 2.17 bits per heavy atom. The summed E-state index contributed by atoms with van der Waals surface area (Å²) in [5.74, 6) is 0. The van der Waals surface area contributed by atoms with E-state index in [1.165, 1.54) is 0 Å². The van der Waals surface area contributed by atoms with Crippen molar-refractivity contribution in [2.75, 3.05) is 6.54 Å². The molecule has 4 nitrogen and oxygen atoms in total. The Kier molecular flexibility index (Phi) is 5.62. The number of aliphatic hydroxyl groups is 1. The van der Waals surface area contributed by atoms with Gasteiger partial charge >= 0.3 is 6.03 Å². The van der Waals surface area contributed by atoms with Crippen molar-refractivity contribution < 1.29 is 9.90 Å². The first-order valence-corrected chi connectivity index (χ1v) is 6.99. The van der Waals surface area contributed by atoms with Gasteiger partial charge in [-0.25, -0.2) is 4.79 Å². The minimum atomic E-state index is -0.407. The summed E-state index contributed by atoms with van der Waals surface area (Å²) < 4.78 is 0. The summed E-state index contributed by atoms with van der Waals surface area (Å²) in [7, 11) is 0. The van der Waals surface area contributed by atoms with E-state index in [1.807, 2.05) is 38.3 Å². The number of hydrogen-bond donors (Lipinski definition) is 3. The van der Waals surface area contributed by atoms with E-state index in [0.717, 1.165) is 4.88 Å². The lowest BCUT2D eigenvalue weighted by molar-refractivity contribution is 0.0564. The first-order chi connectivity index (χ1) is 8.39. The number of carbonyl (C=O) groups excluding carboxylic acids is 1. The van der Waals surface area contributed by atoms with Crippen LogP contribution in [-0.2, 0) is 6.54 Å². The Morgan fingerprint density at radius 3 is 2.72 bits per heavy atom. The molecule has 0 aromatic carbocycles. The fourth-order valence-electron chi connectivity index (χ4n) is 1.40. The summed E-state index contributed by atoms with van der Waals surface area (Å²) >= 11 is 1.61. The summed E-state index contributed by atoms with van der Waals surface area (Å²) in [6.45, 7) is 6.97. The molecule has 0 aliphatic carbocycles. The summed E-state index contributed by atoms with van der Waals surface area (Å²) in [4.78, 5) is 12.6. The molecule has 1 unspecified atom stereocenters. The SMILES string of the molecule is CC(C)(C)C(O)CCNC(=O)NCc1cccs1. The van der Waals surface area contributed by atoms with Crippen molar-refractivity contribution in [2.24, 2.45) is 5.41 Å². The zero-order valence-corrected chi connectivity index (χ0v) is 12.0. The molecule has 18 heavy (non-hydrogen) atoms. The number of hydrogen-bond acceptors (Lipinski definition) is 3. The molecule has 1 aromatic heterocycles. The summed E-state index contributed by atoms with van der Waals surface area (Å²) in [5.41, 5.74) is -0.144. The van der Waals surface area contributed by atoms with Crippen LogP contribution in [0.4, 0.5) is 4.79 Å². The highest BCUT2D eigenvalue weighted by molar-refractivity contribution is 7.09. The molecule has 0 saturated heterocycles. The molecule has 1 atom stereocenters. The lowest BCUT2D eigenvalue weighted by atomic mass is 9.87. The standard InChI is InChI=1S/C13H22N2O2S/c1-13(2,3)11(16)6-7-14-12(17)15-9-10-5-4-8-18-10/h4-5,8,11,16H,6-7,9H2,1-3H3,(H2,14,15,17). The van der Waals surface area contributed by atoms with Crippen molar-refractivity contribution in [1.29, 1.82) is 0 Å². The second-order valence-electron chi connectivity index (χ2n) is 5.36. The van der Waals surface area contributed by atoms with E-state index in [9.17, 15) is 9.90 Å². The molecule has 1 heterocycles. The van der Waals surface area contributed by atoms with Crippen molar-refractivity contribution in [3.8, 4) is 0 Å². The van der Waals surface area contributed by atoms with Crippen LogP contribution < -0.4 is 10.6 Å². The third kappa shape index (κ3) is 5.51. The quantitative estimate of drug-likeness (QED) is 0.769. The maximum absolute atomic E-state index is 11.5. The second kappa shape index (κ2) is 6.75. The van der Waals surface area contributed by atoms with Crippen LogP contribution in [0.3, 0.4) is 0 Å². The zero-order chi connectivity index (χ0) is 13.6. The van der Waals surface area contributed by atoms with E-state index in [2.05, 4.69) is 10.6 Å². The largest absolute Gasteiger partial charge is 0.393 e. The van der Waals surface area contributed by atoms with Crippen LogP contribution in [0.15, 0.2) is 17.5 Å². The van der Waals surface area contributed by atoms with Crippen molar-refractivity contribution >= 4 is 17.4 Å². The smallest absolute Gasteiger partial charge is 0.315 e. The van der Waals surface area contributed by atoms with Gasteiger partial charge in [-0.05, 0) is 23.3 Å². The summed E-state index contributed by atoms with van der Waals surface area (Å²) in [5, 5.41) is 17.3. The van der Waals surface area contributed by atoms with Crippen LogP contribution in [0.1, 0.15) is 32.1 Å². The van der Waals surface area contributed by atoms with E-state index in [4.69, 9.17) is 0 Å². The molecule has 5 heteroatoms. The van der Waals surface area contributed by atoms with Crippen LogP contribution in [0.25, 0.3) is 0 Å². The van der Waals surface area contributed by atoms with E-state index in [1.54, 1.807) is 11.3 Å². The van der Waals surface area contributed by atoms with Gasteiger partial charge in [-0.15, -0.1) is 11.3 Å². The lowest BCUT2D eigenvalue weighted by Gasteiger charge is -2.25. The van der Waals surface area contributed by atoms with Gasteiger partial charge in [0.25, 0.3) is 0 Å². The van der Waals surface area contributed by atoms with Crippen LogP contribution in [-0.4, -0.2) is 23.8 Å². The van der Waals surface area contributed by atoms with Crippen molar-refractivity contribution in [1.82, 2.24) is 10.6 Å². The van der Waals surface area contributed by atoms with Gasteiger partial charge in [0.1, 0.15) is 0 Å². The highest BCUT2D eigenvalue weighted by Crippen LogP contribution is 2.20. The molecular formula is C13H22N2O2S. The van der Waals surface area contributed by atoms with E-state index >= 15 is 0 Å². The number of carbonyl (C=O) groups is 1. The minimum absolute atomic E-state index is 0.144. The molecule has 0 aliphatic heterocycles. The zero-order valence-electron chi connectivity index (χ0n) is 11.2. The first-order valence-electron chi connectivity index (χ1n) is 6.12. The van der Waals surface area contributed by atoms with Gasteiger partial charge in [-0.3, -0.25) is 0 Å². The van der Waals surface area contributed by atoms with Gasteiger partial charge < -0.3 is 15.7 Å². The number of amides is 2. The Hall–Kier alpha value is -1.07. The predicted octanol–water partition coefficient (Wildman–Crippen LogP) is 2.34. The number of aliphatic hydroxyl groups excluding tert-OH is 1. The molecule has 0 radical (unpaired) electrons. The molecule has 0 fully saturated rings. The average Bonchev–Trinajstić information content (AvgIpc) is 2.77. The molecule has 2 amide bonds. The third-order valence-electron chi connectivity index (χ3n) is 2.71. The maximum atomic E-state index is 11.5. The van der Waals surface area contributed by atoms with E-state index < -0.39 is 6.10 Å². The first kappa shape index (κ1) is 15.0. The van der Waals surface area contributed by atoms with Crippen LogP contribution >= 0.6 is 11.3 Å². The Bertz CT molecular complexity index is 358. The molecule has 0 aliphatic rings. The molecule has 102 valence electrons. The number of urea groups is 1. The summed E-state index contributed by atoms with van der Waals surface area (Å²) in [6.07, 6.45) is 0.158. The van der Waals surface area contributed by atoms with Crippen molar-refractivity contribution in [3.63, 3.8) is 0 Å². The number of nitrogens with one attached hydrogen (secondary N) is 2. The van der Waals surface area contributed by atoms with E-state index in [0.29, 0.717) is 19.5 Å². The molecular weight excluding hydrogens is 248 g/mol. The third-order valence-corrected chi connectivity index (χ3v) is 3.58. The Labute approximate surface area is 112 Å². The predicted molar refractivity (Wildman–Crippen MR) is 74.6 cm³/mol. The van der Waals surface area contributed by atoms with E-state index in [-0.39, 0.29) is 11.4 Å². The normalized spacial score (nSPS) is 13.1. The summed E-state index contributed by atoms with van der Waals surface area (Å²) in [6, 6.07) is 3.75. The van der Waals surface area contributed by atoms with Gasteiger partial charge in [-0.1, -0.05) is 26.8 Å². The van der Waals surface area contributed by atoms with Gasteiger partial charge in [0, 0.05) is 11.4 Å². The molecule has 0 bridgehead atoms. The monoisotopic (exact) mass is 270 g/mol. The lowest BCUT2D eigenvalue weighted by Crippen LogP contribution is -2.38. The van der Waals surface area contributed by atoms with Crippen molar-refractivity contribution in [3.05, 3.63) is 22.4 Å². The van der Waals surface area contributed by atoms with Crippen molar-refractivity contribution in [2.45, 2.75) is 39.8 Å². The molecule has 0 saturated carbocycles. The fraction of sp³-hybridized carbons (Fsp3) is 0.615. The molecule has 1 rings (SSSR count). The van der Waals surface area contributed by atoms with Crippen LogP contribution in [0.5, 0.6) is 0 Å². The van der Waals surface area contributed by atoms with Gasteiger partial charge in [0.15, 0.2) is 0 Å². The minimum Gasteiger partial charge on any atom is -0.393 e. The highest BCUT2D eigenvalue weighted by atomic mass is 32.1.